The average Bonchev–Trinajstić information content (AvgIpc) is 2.43. The Morgan fingerprint density at radius 2 is 2.10 bits per heavy atom. The van der Waals surface area contributed by atoms with Crippen molar-refractivity contribution in [3.63, 3.8) is 0 Å². The standard InChI is InChI=1S/C14H23N3O2S/c1-4-7-17-14(3,12(18)19)6-5-8-20-13-15-9-11(2)10-16-13/h9-10,17H,4-8H2,1-3H3,(H,18,19). The summed E-state index contributed by atoms with van der Waals surface area (Å²) in [7, 11) is 0. The number of nitrogens with zero attached hydrogens (tertiary/aromatic N) is 2. The topological polar surface area (TPSA) is 75.1 Å². The van der Waals surface area contributed by atoms with E-state index in [0.29, 0.717) is 6.42 Å². The smallest absolute Gasteiger partial charge is 0.323 e. The normalized spacial score (nSPS) is 13.9. The Balaban J connectivity index is 2.37. The fraction of sp³-hybridized carbons (Fsp3) is 0.643. The molecule has 0 fully saturated rings. The fourth-order valence-electron chi connectivity index (χ4n) is 1.72. The van der Waals surface area contributed by atoms with E-state index in [2.05, 4.69) is 15.3 Å². The molecule has 5 nitrogen and oxygen atoms in total. The molecule has 0 radical (unpaired) electrons. The number of aryl methyl sites for hydroxylation is 1. The summed E-state index contributed by atoms with van der Waals surface area (Å²) in [5, 5.41) is 13.2. The van der Waals surface area contributed by atoms with Crippen LogP contribution in [-0.2, 0) is 4.79 Å². The van der Waals surface area contributed by atoms with Gasteiger partial charge in [-0.25, -0.2) is 9.97 Å². The van der Waals surface area contributed by atoms with Crippen LogP contribution >= 0.6 is 11.8 Å². The lowest BCUT2D eigenvalue weighted by molar-refractivity contribution is -0.144. The van der Waals surface area contributed by atoms with Crippen molar-refractivity contribution in [3.05, 3.63) is 18.0 Å². The van der Waals surface area contributed by atoms with Gasteiger partial charge in [0.25, 0.3) is 0 Å². The predicted molar refractivity (Wildman–Crippen MR) is 81.1 cm³/mol. The van der Waals surface area contributed by atoms with Gasteiger partial charge in [-0.1, -0.05) is 18.7 Å². The van der Waals surface area contributed by atoms with Crippen LogP contribution in [0.2, 0.25) is 0 Å². The lowest BCUT2D eigenvalue weighted by atomic mass is 9.96. The number of aliphatic carboxylic acids is 1. The molecule has 2 N–H and O–H groups in total. The van der Waals surface area contributed by atoms with E-state index in [4.69, 9.17) is 0 Å². The molecule has 0 aliphatic rings. The van der Waals surface area contributed by atoms with Gasteiger partial charge in [0.1, 0.15) is 5.54 Å². The third-order valence-electron chi connectivity index (χ3n) is 3.05. The summed E-state index contributed by atoms with van der Waals surface area (Å²) < 4.78 is 0. The highest BCUT2D eigenvalue weighted by atomic mass is 32.2. The molecule has 0 spiro atoms. The summed E-state index contributed by atoms with van der Waals surface area (Å²) in [6.45, 7) is 6.45. The number of hydrogen-bond acceptors (Lipinski definition) is 5. The van der Waals surface area contributed by atoms with Gasteiger partial charge in [0.15, 0.2) is 5.16 Å². The molecule has 112 valence electrons. The van der Waals surface area contributed by atoms with Crippen LogP contribution in [0.1, 0.15) is 38.7 Å². The minimum atomic E-state index is -0.843. The molecule has 0 saturated heterocycles. The highest BCUT2D eigenvalue weighted by molar-refractivity contribution is 7.99. The zero-order valence-corrected chi connectivity index (χ0v) is 13.2. The van der Waals surface area contributed by atoms with E-state index >= 15 is 0 Å². The van der Waals surface area contributed by atoms with Gasteiger partial charge in [0.05, 0.1) is 0 Å². The Hall–Kier alpha value is -1.14. The van der Waals surface area contributed by atoms with Crippen molar-refractivity contribution in [2.24, 2.45) is 0 Å². The third kappa shape index (κ3) is 5.46. The first kappa shape index (κ1) is 16.9. The predicted octanol–water partition coefficient (Wildman–Crippen LogP) is 2.50. The second-order valence-electron chi connectivity index (χ2n) is 5.06. The fourth-order valence-corrected chi connectivity index (χ4v) is 2.44. The number of hydrogen-bond donors (Lipinski definition) is 2. The molecule has 0 saturated carbocycles. The number of carbonyl (C=O) groups is 1. The highest BCUT2D eigenvalue weighted by Gasteiger charge is 2.31. The molecule has 1 atom stereocenters. The van der Waals surface area contributed by atoms with E-state index < -0.39 is 11.5 Å². The van der Waals surface area contributed by atoms with Crippen molar-refractivity contribution in [3.8, 4) is 0 Å². The van der Waals surface area contributed by atoms with Crippen molar-refractivity contribution in [2.45, 2.75) is 50.7 Å². The summed E-state index contributed by atoms with van der Waals surface area (Å²) >= 11 is 1.56. The molecule has 1 rings (SSSR count). The number of carboxylic acid groups (broad SMARTS) is 1. The van der Waals surface area contributed by atoms with Crippen molar-refractivity contribution < 1.29 is 9.90 Å². The molecule has 1 aromatic heterocycles. The maximum Gasteiger partial charge on any atom is 0.323 e. The molecule has 6 heteroatoms. The molecule has 1 aromatic rings. The van der Waals surface area contributed by atoms with Crippen LogP contribution < -0.4 is 5.32 Å². The molecule has 20 heavy (non-hydrogen) atoms. The van der Waals surface area contributed by atoms with E-state index in [1.165, 1.54) is 0 Å². The molecular weight excluding hydrogens is 274 g/mol. The van der Waals surface area contributed by atoms with Crippen molar-refractivity contribution in [1.82, 2.24) is 15.3 Å². The van der Waals surface area contributed by atoms with E-state index in [-0.39, 0.29) is 0 Å². The lowest BCUT2D eigenvalue weighted by Crippen LogP contribution is -2.49. The molecular formula is C14H23N3O2S. The average molecular weight is 297 g/mol. The molecule has 0 aromatic carbocycles. The Labute approximate surface area is 124 Å². The number of rotatable bonds is 9. The Morgan fingerprint density at radius 1 is 1.45 bits per heavy atom. The summed E-state index contributed by atoms with van der Waals surface area (Å²) in [6.07, 6.45) is 5.91. The van der Waals surface area contributed by atoms with Crippen LogP contribution in [-0.4, -0.2) is 38.9 Å². The monoisotopic (exact) mass is 297 g/mol. The number of carboxylic acids is 1. The van der Waals surface area contributed by atoms with Crippen LogP contribution in [0.15, 0.2) is 17.6 Å². The second kappa shape index (κ2) is 8.21. The maximum absolute atomic E-state index is 11.3. The third-order valence-corrected chi connectivity index (χ3v) is 4.01. The quantitative estimate of drug-likeness (QED) is 0.414. The zero-order valence-electron chi connectivity index (χ0n) is 12.3. The van der Waals surface area contributed by atoms with Gasteiger partial charge >= 0.3 is 5.97 Å². The summed E-state index contributed by atoms with van der Waals surface area (Å²) in [6, 6.07) is 0. The molecule has 0 aliphatic carbocycles. The summed E-state index contributed by atoms with van der Waals surface area (Å²) in [5.74, 6) is 0.0299. The highest BCUT2D eigenvalue weighted by Crippen LogP contribution is 2.19. The molecule has 1 unspecified atom stereocenters. The van der Waals surface area contributed by atoms with Crippen LogP contribution in [0, 0.1) is 6.92 Å². The number of thioether (sulfide) groups is 1. The van der Waals surface area contributed by atoms with Gasteiger partial charge in [-0.05, 0) is 45.2 Å². The zero-order chi connectivity index (χ0) is 15.0. The van der Waals surface area contributed by atoms with Crippen LogP contribution in [0.25, 0.3) is 0 Å². The van der Waals surface area contributed by atoms with E-state index in [9.17, 15) is 9.90 Å². The maximum atomic E-state index is 11.3. The first-order valence-electron chi connectivity index (χ1n) is 6.88. The van der Waals surface area contributed by atoms with Gasteiger partial charge in [0, 0.05) is 18.1 Å². The van der Waals surface area contributed by atoms with Gasteiger partial charge in [-0.2, -0.15) is 0 Å². The second-order valence-corrected chi connectivity index (χ2v) is 6.12. The molecule has 0 amide bonds. The molecule has 1 heterocycles. The van der Waals surface area contributed by atoms with E-state index in [1.807, 2.05) is 13.8 Å². The van der Waals surface area contributed by atoms with Crippen LogP contribution in [0.3, 0.4) is 0 Å². The summed E-state index contributed by atoms with van der Waals surface area (Å²) in [5.41, 5.74) is 0.196. The number of aromatic nitrogens is 2. The largest absolute Gasteiger partial charge is 0.480 e. The van der Waals surface area contributed by atoms with Gasteiger partial charge in [-0.3, -0.25) is 4.79 Å². The van der Waals surface area contributed by atoms with Crippen molar-refractivity contribution in [2.75, 3.05) is 12.3 Å². The van der Waals surface area contributed by atoms with Crippen LogP contribution in [0.4, 0.5) is 0 Å². The van der Waals surface area contributed by atoms with E-state index in [0.717, 1.165) is 35.9 Å². The van der Waals surface area contributed by atoms with Gasteiger partial charge < -0.3 is 10.4 Å². The van der Waals surface area contributed by atoms with E-state index in [1.54, 1.807) is 31.1 Å². The minimum absolute atomic E-state index is 0.598. The minimum Gasteiger partial charge on any atom is -0.480 e. The molecule has 0 bridgehead atoms. The SMILES string of the molecule is CCCNC(C)(CCCSc1ncc(C)cn1)C(=O)O. The summed E-state index contributed by atoms with van der Waals surface area (Å²) in [4.78, 5) is 19.8. The van der Waals surface area contributed by atoms with Crippen molar-refractivity contribution in [1.29, 1.82) is 0 Å². The first-order chi connectivity index (χ1) is 9.48. The molecule has 0 aliphatic heterocycles. The Morgan fingerprint density at radius 3 is 2.65 bits per heavy atom. The lowest BCUT2D eigenvalue weighted by Gasteiger charge is -2.26. The number of nitrogens with one attached hydrogen (secondary N) is 1. The first-order valence-corrected chi connectivity index (χ1v) is 7.86. The Bertz CT molecular complexity index is 425. The van der Waals surface area contributed by atoms with Gasteiger partial charge in [-0.15, -0.1) is 0 Å². The van der Waals surface area contributed by atoms with Crippen molar-refractivity contribution >= 4 is 17.7 Å². The van der Waals surface area contributed by atoms with Crippen LogP contribution in [0.5, 0.6) is 0 Å². The Kier molecular flexibility index (Phi) is 6.95. The van der Waals surface area contributed by atoms with Gasteiger partial charge in [0.2, 0.25) is 0 Å².